The van der Waals surface area contributed by atoms with Crippen molar-refractivity contribution >= 4 is 0 Å². The highest BCUT2D eigenvalue weighted by molar-refractivity contribution is 4.74. The molecule has 0 amide bonds. The van der Waals surface area contributed by atoms with Crippen molar-refractivity contribution in [2.24, 2.45) is 11.7 Å². The van der Waals surface area contributed by atoms with Gasteiger partial charge < -0.3 is 15.7 Å². The van der Waals surface area contributed by atoms with Gasteiger partial charge in [0.05, 0.1) is 6.10 Å². The summed E-state index contributed by atoms with van der Waals surface area (Å²) in [5.74, 6) is 0.718. The second-order valence-electron chi connectivity index (χ2n) is 4.04. The van der Waals surface area contributed by atoms with E-state index in [1.807, 2.05) is 6.92 Å². The normalized spacial score (nSPS) is 23.3. The summed E-state index contributed by atoms with van der Waals surface area (Å²) in [5, 5.41) is 9.47. The van der Waals surface area contributed by atoms with Gasteiger partial charge in [-0.25, -0.2) is 0 Å². The Kier molecular flexibility index (Phi) is 4.70. The molecule has 1 rings (SSSR count). The summed E-state index contributed by atoms with van der Waals surface area (Å²) in [6, 6.07) is 0. The number of aliphatic hydroxyl groups is 1. The van der Waals surface area contributed by atoms with Gasteiger partial charge in [-0.1, -0.05) is 6.92 Å². The lowest BCUT2D eigenvalue weighted by Crippen LogP contribution is -2.40. The highest BCUT2D eigenvalue weighted by atomic mass is 16.3. The summed E-state index contributed by atoms with van der Waals surface area (Å²) in [6.07, 6.45) is 3.12. The number of hydrogen-bond donors (Lipinski definition) is 2. The Bertz CT molecular complexity index is 133. The molecule has 0 spiro atoms. The molecule has 0 aromatic heterocycles. The monoisotopic (exact) mass is 186 g/mol. The molecule has 3 nitrogen and oxygen atoms in total. The summed E-state index contributed by atoms with van der Waals surface area (Å²) in [5.41, 5.74) is 5.61. The molecule has 0 aromatic rings. The van der Waals surface area contributed by atoms with Crippen LogP contribution < -0.4 is 5.73 Å². The first-order valence-electron chi connectivity index (χ1n) is 5.36. The van der Waals surface area contributed by atoms with E-state index in [9.17, 15) is 5.11 Å². The van der Waals surface area contributed by atoms with Crippen LogP contribution in [0, 0.1) is 5.92 Å². The van der Waals surface area contributed by atoms with Crippen molar-refractivity contribution in [1.82, 2.24) is 4.90 Å². The number of β-amino-alcohol motifs (C(OH)–C–C–N with tert-alkyl or cyclic N) is 1. The smallest absolute Gasteiger partial charge is 0.0664 e. The number of nitrogens with zero attached hydrogens (tertiary/aromatic N) is 1. The fourth-order valence-electron chi connectivity index (χ4n) is 1.83. The van der Waals surface area contributed by atoms with Crippen molar-refractivity contribution in [3.05, 3.63) is 0 Å². The number of nitrogens with two attached hydrogens (primary N) is 1. The van der Waals surface area contributed by atoms with Crippen LogP contribution >= 0.6 is 0 Å². The van der Waals surface area contributed by atoms with Crippen LogP contribution in [0.2, 0.25) is 0 Å². The Morgan fingerprint density at radius 1 is 1.46 bits per heavy atom. The fraction of sp³-hybridized carbons (Fsp3) is 1.00. The van der Waals surface area contributed by atoms with Gasteiger partial charge in [0.2, 0.25) is 0 Å². The topological polar surface area (TPSA) is 49.5 Å². The SMILES string of the molecule is CCC(O)CN1CCC(CN)CC1. The summed E-state index contributed by atoms with van der Waals surface area (Å²) in [4.78, 5) is 2.35. The van der Waals surface area contributed by atoms with Crippen LogP contribution in [0.15, 0.2) is 0 Å². The predicted molar refractivity (Wildman–Crippen MR) is 54.5 cm³/mol. The zero-order valence-electron chi connectivity index (χ0n) is 8.58. The molecule has 0 saturated carbocycles. The molecule has 13 heavy (non-hydrogen) atoms. The summed E-state index contributed by atoms with van der Waals surface area (Å²) < 4.78 is 0. The zero-order valence-corrected chi connectivity index (χ0v) is 8.58. The van der Waals surface area contributed by atoms with Gasteiger partial charge in [0.25, 0.3) is 0 Å². The molecule has 3 N–H and O–H groups in total. The number of piperidine rings is 1. The van der Waals surface area contributed by atoms with E-state index in [1.54, 1.807) is 0 Å². The van der Waals surface area contributed by atoms with Gasteiger partial charge in [-0.15, -0.1) is 0 Å². The minimum absolute atomic E-state index is 0.144. The van der Waals surface area contributed by atoms with Crippen molar-refractivity contribution in [2.45, 2.75) is 32.3 Å². The first kappa shape index (κ1) is 11.0. The van der Waals surface area contributed by atoms with Crippen LogP contribution in [0.3, 0.4) is 0 Å². The van der Waals surface area contributed by atoms with Crippen molar-refractivity contribution in [3.63, 3.8) is 0 Å². The van der Waals surface area contributed by atoms with E-state index in [-0.39, 0.29) is 6.10 Å². The van der Waals surface area contributed by atoms with Gasteiger partial charge in [-0.3, -0.25) is 0 Å². The van der Waals surface area contributed by atoms with Gasteiger partial charge in [0.15, 0.2) is 0 Å². The van der Waals surface area contributed by atoms with Gasteiger partial charge >= 0.3 is 0 Å². The van der Waals surface area contributed by atoms with Gasteiger partial charge in [0.1, 0.15) is 0 Å². The molecule has 1 atom stereocenters. The third-order valence-corrected chi connectivity index (χ3v) is 2.98. The van der Waals surface area contributed by atoms with Crippen LogP contribution in [0.5, 0.6) is 0 Å². The molecule has 1 aliphatic rings. The third kappa shape index (κ3) is 3.63. The highest BCUT2D eigenvalue weighted by Gasteiger charge is 2.19. The molecule has 1 heterocycles. The average Bonchev–Trinajstić information content (AvgIpc) is 2.19. The Morgan fingerprint density at radius 3 is 2.54 bits per heavy atom. The minimum atomic E-state index is -0.144. The highest BCUT2D eigenvalue weighted by Crippen LogP contribution is 2.15. The van der Waals surface area contributed by atoms with Gasteiger partial charge in [0, 0.05) is 6.54 Å². The fourth-order valence-corrected chi connectivity index (χ4v) is 1.83. The molecule has 0 aromatic carbocycles. The molecule has 0 bridgehead atoms. The van der Waals surface area contributed by atoms with E-state index in [0.29, 0.717) is 0 Å². The number of hydrogen-bond acceptors (Lipinski definition) is 3. The molecule has 1 fully saturated rings. The minimum Gasteiger partial charge on any atom is -0.392 e. The molecule has 1 unspecified atom stereocenters. The number of rotatable bonds is 4. The molecule has 78 valence electrons. The largest absolute Gasteiger partial charge is 0.392 e. The van der Waals surface area contributed by atoms with E-state index in [4.69, 9.17) is 5.73 Å². The lowest BCUT2D eigenvalue weighted by Gasteiger charge is -2.32. The van der Waals surface area contributed by atoms with Gasteiger partial charge in [-0.05, 0) is 44.8 Å². The molecule has 1 aliphatic heterocycles. The van der Waals surface area contributed by atoms with E-state index >= 15 is 0 Å². The van der Waals surface area contributed by atoms with E-state index in [1.165, 1.54) is 12.8 Å². The molecule has 0 aliphatic carbocycles. The van der Waals surface area contributed by atoms with Crippen LogP contribution in [-0.2, 0) is 0 Å². The van der Waals surface area contributed by atoms with Crippen LogP contribution in [0.25, 0.3) is 0 Å². The maximum absolute atomic E-state index is 9.47. The van der Waals surface area contributed by atoms with Crippen LogP contribution in [-0.4, -0.2) is 42.3 Å². The van der Waals surface area contributed by atoms with E-state index in [0.717, 1.165) is 38.5 Å². The quantitative estimate of drug-likeness (QED) is 0.669. The van der Waals surface area contributed by atoms with Crippen LogP contribution in [0.1, 0.15) is 26.2 Å². The van der Waals surface area contributed by atoms with Crippen LogP contribution in [0.4, 0.5) is 0 Å². The summed E-state index contributed by atoms with van der Waals surface area (Å²) in [6.45, 7) is 5.91. The predicted octanol–water partition coefficient (Wildman–Crippen LogP) is 0.428. The second-order valence-corrected chi connectivity index (χ2v) is 4.04. The lowest BCUT2D eigenvalue weighted by atomic mass is 9.97. The first-order valence-corrected chi connectivity index (χ1v) is 5.36. The van der Waals surface area contributed by atoms with Crippen molar-refractivity contribution in [3.8, 4) is 0 Å². The van der Waals surface area contributed by atoms with Gasteiger partial charge in [-0.2, -0.15) is 0 Å². The second kappa shape index (κ2) is 5.58. The molecule has 3 heteroatoms. The summed E-state index contributed by atoms with van der Waals surface area (Å²) >= 11 is 0. The molecule has 0 radical (unpaired) electrons. The Morgan fingerprint density at radius 2 is 2.08 bits per heavy atom. The number of likely N-dealkylation sites (tertiary alicyclic amines) is 1. The zero-order chi connectivity index (χ0) is 9.68. The maximum Gasteiger partial charge on any atom is 0.0664 e. The van der Waals surface area contributed by atoms with Crippen molar-refractivity contribution < 1.29 is 5.11 Å². The Labute approximate surface area is 80.9 Å². The van der Waals surface area contributed by atoms with E-state index in [2.05, 4.69) is 4.90 Å². The first-order chi connectivity index (χ1) is 6.26. The third-order valence-electron chi connectivity index (χ3n) is 2.98. The average molecular weight is 186 g/mol. The Hall–Kier alpha value is -0.120. The van der Waals surface area contributed by atoms with Crippen molar-refractivity contribution in [1.29, 1.82) is 0 Å². The summed E-state index contributed by atoms with van der Waals surface area (Å²) in [7, 11) is 0. The molecular formula is C10H22N2O. The van der Waals surface area contributed by atoms with E-state index < -0.39 is 0 Å². The standard InChI is InChI=1S/C10H22N2O/c1-2-10(13)8-12-5-3-9(7-11)4-6-12/h9-10,13H,2-8,11H2,1H3. The maximum atomic E-state index is 9.47. The lowest BCUT2D eigenvalue weighted by molar-refractivity contribution is 0.0879. The number of aliphatic hydroxyl groups excluding tert-OH is 1. The molecular weight excluding hydrogens is 164 g/mol. The Balaban J connectivity index is 2.17. The van der Waals surface area contributed by atoms with Crippen molar-refractivity contribution in [2.75, 3.05) is 26.2 Å². The molecule has 1 saturated heterocycles.